The van der Waals surface area contributed by atoms with Crippen molar-refractivity contribution in [2.24, 2.45) is 11.3 Å². The van der Waals surface area contributed by atoms with E-state index in [1.54, 1.807) is 12.3 Å². The third-order valence-electron chi connectivity index (χ3n) is 3.60. The van der Waals surface area contributed by atoms with Crippen LogP contribution in [0.3, 0.4) is 0 Å². The Hall–Kier alpha value is -1.27. The number of pyridine rings is 1. The zero-order chi connectivity index (χ0) is 14.0. The van der Waals surface area contributed by atoms with Crippen LogP contribution >= 0.6 is 11.6 Å². The van der Waals surface area contributed by atoms with Gasteiger partial charge in [-0.05, 0) is 36.7 Å². The molecule has 1 saturated carbocycles. The Kier molecular flexibility index (Phi) is 4.01. The maximum absolute atomic E-state index is 8.96. The topological polar surface area (TPSA) is 45.9 Å². The standard InChI is InChI=1S/C15H19ClN2O/c1-10-6-12(8-15(2,3)7-10)19-14-13(16)11(9-17)4-5-18-14/h4-5,10,12H,6-8H2,1-3H3. The van der Waals surface area contributed by atoms with E-state index >= 15 is 0 Å². The van der Waals surface area contributed by atoms with Crippen LogP contribution in [0.25, 0.3) is 0 Å². The fourth-order valence-electron chi connectivity index (χ4n) is 3.10. The van der Waals surface area contributed by atoms with Gasteiger partial charge in [-0.1, -0.05) is 32.4 Å². The minimum absolute atomic E-state index is 0.123. The van der Waals surface area contributed by atoms with Crippen molar-refractivity contribution in [1.82, 2.24) is 4.98 Å². The van der Waals surface area contributed by atoms with Gasteiger partial charge < -0.3 is 4.74 Å². The van der Waals surface area contributed by atoms with Crippen molar-refractivity contribution in [3.63, 3.8) is 0 Å². The van der Waals surface area contributed by atoms with Gasteiger partial charge in [0.1, 0.15) is 17.2 Å². The van der Waals surface area contributed by atoms with Crippen molar-refractivity contribution in [1.29, 1.82) is 5.26 Å². The van der Waals surface area contributed by atoms with Crippen LogP contribution in [0, 0.1) is 22.7 Å². The number of halogens is 1. The van der Waals surface area contributed by atoms with Gasteiger partial charge in [0.15, 0.2) is 0 Å². The molecule has 2 rings (SSSR count). The second-order valence-corrected chi connectivity index (χ2v) is 6.62. The van der Waals surface area contributed by atoms with Gasteiger partial charge in [-0.3, -0.25) is 0 Å². The summed E-state index contributed by atoms with van der Waals surface area (Å²) in [5.41, 5.74) is 0.691. The highest BCUT2D eigenvalue weighted by molar-refractivity contribution is 6.32. The predicted octanol–water partition coefficient (Wildman–Crippen LogP) is 4.20. The molecule has 2 atom stereocenters. The highest BCUT2D eigenvalue weighted by atomic mass is 35.5. The number of ether oxygens (including phenoxy) is 1. The molecular formula is C15H19ClN2O. The van der Waals surface area contributed by atoms with E-state index in [4.69, 9.17) is 21.6 Å². The lowest BCUT2D eigenvalue weighted by atomic mass is 9.71. The van der Waals surface area contributed by atoms with Gasteiger partial charge in [0.2, 0.25) is 5.88 Å². The van der Waals surface area contributed by atoms with Crippen molar-refractivity contribution in [3.8, 4) is 11.9 Å². The van der Waals surface area contributed by atoms with Gasteiger partial charge in [-0.2, -0.15) is 5.26 Å². The number of nitrogens with zero attached hydrogens (tertiary/aromatic N) is 2. The molecule has 0 N–H and O–H groups in total. The van der Waals surface area contributed by atoms with Gasteiger partial charge in [0, 0.05) is 6.20 Å². The summed E-state index contributed by atoms with van der Waals surface area (Å²) in [5.74, 6) is 1.02. The van der Waals surface area contributed by atoms with E-state index in [2.05, 4.69) is 25.8 Å². The van der Waals surface area contributed by atoms with E-state index < -0.39 is 0 Å². The van der Waals surface area contributed by atoms with E-state index in [1.165, 1.54) is 6.42 Å². The Labute approximate surface area is 119 Å². The van der Waals surface area contributed by atoms with Crippen molar-refractivity contribution in [2.75, 3.05) is 0 Å². The minimum Gasteiger partial charge on any atom is -0.473 e. The summed E-state index contributed by atoms with van der Waals surface area (Å²) < 4.78 is 5.94. The average Bonchev–Trinajstić information content (AvgIpc) is 2.29. The van der Waals surface area contributed by atoms with Gasteiger partial charge in [0.05, 0.1) is 5.56 Å². The molecule has 0 saturated heterocycles. The van der Waals surface area contributed by atoms with Gasteiger partial charge in [-0.25, -0.2) is 4.98 Å². The normalized spacial score (nSPS) is 25.6. The molecule has 3 nitrogen and oxygen atoms in total. The molecule has 4 heteroatoms. The fourth-order valence-corrected chi connectivity index (χ4v) is 3.30. The lowest BCUT2D eigenvalue weighted by Gasteiger charge is -2.38. The van der Waals surface area contributed by atoms with E-state index in [-0.39, 0.29) is 11.5 Å². The number of hydrogen-bond acceptors (Lipinski definition) is 3. The van der Waals surface area contributed by atoms with E-state index in [0.717, 1.165) is 12.8 Å². The lowest BCUT2D eigenvalue weighted by molar-refractivity contribution is 0.0533. The van der Waals surface area contributed by atoms with E-state index in [0.29, 0.717) is 22.4 Å². The molecule has 0 aliphatic heterocycles. The van der Waals surface area contributed by atoms with Crippen LogP contribution in [0.4, 0.5) is 0 Å². The molecule has 102 valence electrons. The molecule has 19 heavy (non-hydrogen) atoms. The first kappa shape index (κ1) is 14.1. The van der Waals surface area contributed by atoms with Crippen LogP contribution in [0.5, 0.6) is 5.88 Å². The van der Waals surface area contributed by atoms with Gasteiger partial charge in [-0.15, -0.1) is 0 Å². The molecule has 0 radical (unpaired) electrons. The molecule has 2 unspecified atom stereocenters. The highest BCUT2D eigenvalue weighted by Crippen LogP contribution is 2.40. The Morgan fingerprint density at radius 1 is 1.47 bits per heavy atom. The second-order valence-electron chi connectivity index (χ2n) is 6.24. The number of rotatable bonds is 2. The summed E-state index contributed by atoms with van der Waals surface area (Å²) >= 11 is 6.13. The SMILES string of the molecule is CC1CC(Oc2nccc(C#N)c2Cl)CC(C)(C)C1. The molecule has 0 spiro atoms. The van der Waals surface area contributed by atoms with Crippen molar-refractivity contribution >= 4 is 11.6 Å². The second kappa shape index (κ2) is 5.38. The van der Waals surface area contributed by atoms with Crippen LogP contribution in [-0.4, -0.2) is 11.1 Å². The summed E-state index contributed by atoms with van der Waals surface area (Å²) in [6.07, 6.45) is 4.91. The summed E-state index contributed by atoms with van der Waals surface area (Å²) in [7, 11) is 0. The molecule has 0 amide bonds. The molecule has 1 aliphatic rings. The monoisotopic (exact) mass is 278 g/mol. The molecule has 1 aliphatic carbocycles. The molecule has 1 fully saturated rings. The average molecular weight is 279 g/mol. The third kappa shape index (κ3) is 3.39. The Morgan fingerprint density at radius 3 is 2.84 bits per heavy atom. The summed E-state index contributed by atoms with van der Waals surface area (Å²) in [6.45, 7) is 6.78. The Balaban J connectivity index is 2.16. The number of nitriles is 1. The summed E-state index contributed by atoms with van der Waals surface area (Å²) in [6, 6.07) is 3.65. The molecular weight excluding hydrogens is 260 g/mol. The van der Waals surface area contributed by atoms with Crippen LogP contribution in [-0.2, 0) is 0 Å². The maximum Gasteiger partial charge on any atom is 0.234 e. The molecule has 1 aromatic heterocycles. The number of aromatic nitrogens is 1. The smallest absolute Gasteiger partial charge is 0.234 e. The van der Waals surface area contributed by atoms with Crippen molar-refractivity contribution in [2.45, 2.75) is 46.1 Å². The quantitative estimate of drug-likeness (QED) is 0.814. The molecule has 0 bridgehead atoms. The van der Waals surface area contributed by atoms with Crippen molar-refractivity contribution in [3.05, 3.63) is 22.8 Å². The van der Waals surface area contributed by atoms with Crippen molar-refractivity contribution < 1.29 is 4.74 Å². The number of hydrogen-bond donors (Lipinski definition) is 0. The van der Waals surface area contributed by atoms with Crippen LogP contribution in [0.1, 0.15) is 45.6 Å². The van der Waals surface area contributed by atoms with E-state index in [1.807, 2.05) is 6.07 Å². The third-order valence-corrected chi connectivity index (χ3v) is 3.97. The zero-order valence-corrected chi connectivity index (χ0v) is 12.4. The highest BCUT2D eigenvalue weighted by Gasteiger charge is 2.33. The van der Waals surface area contributed by atoms with Gasteiger partial charge >= 0.3 is 0 Å². The van der Waals surface area contributed by atoms with Crippen LogP contribution < -0.4 is 4.74 Å². The molecule has 1 aromatic rings. The predicted molar refractivity (Wildman–Crippen MR) is 75.2 cm³/mol. The molecule has 0 aromatic carbocycles. The summed E-state index contributed by atoms with van der Waals surface area (Å²) in [4.78, 5) is 4.15. The lowest BCUT2D eigenvalue weighted by Crippen LogP contribution is -2.34. The Bertz CT molecular complexity index is 507. The zero-order valence-electron chi connectivity index (χ0n) is 11.6. The first-order valence-corrected chi connectivity index (χ1v) is 7.00. The van der Waals surface area contributed by atoms with Crippen LogP contribution in [0.2, 0.25) is 5.02 Å². The maximum atomic E-state index is 8.96. The summed E-state index contributed by atoms with van der Waals surface area (Å²) in [5, 5.41) is 9.28. The molecule has 1 heterocycles. The minimum atomic E-state index is 0.123. The van der Waals surface area contributed by atoms with E-state index in [9.17, 15) is 0 Å². The first-order valence-electron chi connectivity index (χ1n) is 6.62. The largest absolute Gasteiger partial charge is 0.473 e. The fraction of sp³-hybridized carbons (Fsp3) is 0.600. The Morgan fingerprint density at radius 2 is 2.21 bits per heavy atom. The van der Waals surface area contributed by atoms with Gasteiger partial charge in [0.25, 0.3) is 0 Å². The first-order chi connectivity index (χ1) is 8.91. The van der Waals surface area contributed by atoms with Crippen LogP contribution in [0.15, 0.2) is 12.3 Å².